The Morgan fingerprint density at radius 1 is 0.923 bits per heavy atom. The van der Waals surface area contributed by atoms with Crippen molar-refractivity contribution in [3.63, 3.8) is 0 Å². The molecular formula is C19H20IN3O2S. The fourth-order valence-corrected chi connectivity index (χ4v) is 2.93. The number of halogens is 1. The van der Waals surface area contributed by atoms with E-state index in [-0.39, 0.29) is 22.3 Å². The first-order chi connectivity index (χ1) is 12.2. The van der Waals surface area contributed by atoms with Gasteiger partial charge in [-0.25, -0.2) is 0 Å². The van der Waals surface area contributed by atoms with Crippen molar-refractivity contribution in [2.75, 3.05) is 0 Å². The standard InChI is InChI=1S/C19H20IN3O2S/c1-19(2,3)13-10-8-12(9-11-13)16(24)21-18(26)23-22-17(25)14-6-4-5-7-15(14)20/h4-11H,1-3H3,(H,22,25)(H2,21,23,24,26). The summed E-state index contributed by atoms with van der Waals surface area (Å²) in [6, 6.07) is 14.5. The molecule has 0 spiro atoms. The first-order valence-electron chi connectivity index (χ1n) is 7.95. The van der Waals surface area contributed by atoms with Crippen molar-refractivity contribution in [3.8, 4) is 0 Å². The van der Waals surface area contributed by atoms with Crippen LogP contribution in [0.4, 0.5) is 0 Å². The number of carbonyl (C=O) groups excluding carboxylic acids is 2. The zero-order chi connectivity index (χ0) is 19.3. The first kappa shape index (κ1) is 20.3. The Hall–Kier alpha value is -2.00. The molecule has 2 amide bonds. The molecule has 0 saturated carbocycles. The summed E-state index contributed by atoms with van der Waals surface area (Å²) in [4.78, 5) is 24.3. The summed E-state index contributed by atoms with van der Waals surface area (Å²) < 4.78 is 0.818. The molecule has 2 aromatic carbocycles. The maximum atomic E-state index is 12.2. The van der Waals surface area contributed by atoms with Crippen LogP contribution >= 0.6 is 34.8 Å². The third kappa shape index (κ3) is 5.50. The van der Waals surface area contributed by atoms with E-state index < -0.39 is 0 Å². The van der Waals surface area contributed by atoms with Crippen molar-refractivity contribution in [1.82, 2.24) is 16.2 Å². The van der Waals surface area contributed by atoms with Gasteiger partial charge in [0, 0.05) is 9.13 Å². The lowest BCUT2D eigenvalue weighted by atomic mass is 9.87. The molecule has 3 N–H and O–H groups in total. The average molecular weight is 481 g/mol. The lowest BCUT2D eigenvalue weighted by Crippen LogP contribution is -2.48. The van der Waals surface area contributed by atoms with Gasteiger partial charge in [-0.3, -0.25) is 25.8 Å². The van der Waals surface area contributed by atoms with Gasteiger partial charge in [-0.05, 0) is 70.1 Å². The minimum atomic E-state index is -0.341. The lowest BCUT2D eigenvalue weighted by molar-refractivity contribution is 0.0934. The van der Waals surface area contributed by atoms with Gasteiger partial charge < -0.3 is 0 Å². The zero-order valence-electron chi connectivity index (χ0n) is 14.7. The van der Waals surface area contributed by atoms with E-state index in [0.29, 0.717) is 11.1 Å². The second kappa shape index (κ2) is 8.59. The Labute approximate surface area is 172 Å². The van der Waals surface area contributed by atoms with Crippen molar-refractivity contribution >= 4 is 51.7 Å². The summed E-state index contributed by atoms with van der Waals surface area (Å²) in [6.07, 6.45) is 0. The molecular weight excluding hydrogens is 461 g/mol. The topological polar surface area (TPSA) is 70.2 Å². The predicted octanol–water partition coefficient (Wildman–Crippen LogP) is 3.54. The van der Waals surface area contributed by atoms with Crippen LogP contribution in [0.15, 0.2) is 48.5 Å². The zero-order valence-corrected chi connectivity index (χ0v) is 17.7. The van der Waals surface area contributed by atoms with Gasteiger partial charge in [0.15, 0.2) is 5.11 Å². The highest BCUT2D eigenvalue weighted by molar-refractivity contribution is 14.1. The number of carbonyl (C=O) groups is 2. The molecule has 2 aromatic rings. The largest absolute Gasteiger partial charge is 0.298 e. The molecule has 5 nitrogen and oxygen atoms in total. The number of rotatable bonds is 2. The van der Waals surface area contributed by atoms with Crippen molar-refractivity contribution in [2.24, 2.45) is 0 Å². The third-order valence-corrected chi connectivity index (χ3v) is 4.79. The maximum Gasteiger partial charge on any atom is 0.270 e. The van der Waals surface area contributed by atoms with Crippen LogP contribution in [0, 0.1) is 3.57 Å². The molecule has 0 atom stereocenters. The molecule has 7 heteroatoms. The van der Waals surface area contributed by atoms with E-state index >= 15 is 0 Å². The molecule has 0 bridgehead atoms. The average Bonchev–Trinajstić information content (AvgIpc) is 2.59. The van der Waals surface area contributed by atoms with E-state index in [4.69, 9.17) is 12.2 Å². The van der Waals surface area contributed by atoms with Gasteiger partial charge in [0.2, 0.25) is 0 Å². The van der Waals surface area contributed by atoms with Crippen molar-refractivity contribution in [3.05, 3.63) is 68.8 Å². The Morgan fingerprint density at radius 3 is 2.12 bits per heavy atom. The monoisotopic (exact) mass is 481 g/mol. The van der Waals surface area contributed by atoms with Crippen molar-refractivity contribution < 1.29 is 9.59 Å². The molecule has 0 saturated heterocycles. The lowest BCUT2D eigenvalue weighted by Gasteiger charge is -2.19. The molecule has 0 fully saturated rings. The van der Waals surface area contributed by atoms with E-state index in [0.717, 1.165) is 9.13 Å². The van der Waals surface area contributed by atoms with Gasteiger partial charge in [-0.15, -0.1) is 0 Å². The molecule has 0 unspecified atom stereocenters. The van der Waals surface area contributed by atoms with Crippen LogP contribution in [-0.2, 0) is 5.41 Å². The molecule has 0 aliphatic rings. The molecule has 0 aliphatic heterocycles. The molecule has 2 rings (SSSR count). The van der Waals surface area contributed by atoms with Crippen LogP contribution in [0.5, 0.6) is 0 Å². The highest BCUT2D eigenvalue weighted by atomic mass is 127. The van der Waals surface area contributed by atoms with Gasteiger partial charge in [0.25, 0.3) is 11.8 Å². The minimum absolute atomic E-state index is 0.0189. The summed E-state index contributed by atoms with van der Waals surface area (Å²) in [5.74, 6) is -0.673. The third-order valence-electron chi connectivity index (χ3n) is 3.65. The highest BCUT2D eigenvalue weighted by Gasteiger charge is 2.15. The normalized spacial score (nSPS) is 10.8. The Kier molecular flexibility index (Phi) is 6.71. The van der Waals surface area contributed by atoms with Crippen LogP contribution in [-0.4, -0.2) is 16.9 Å². The molecule has 26 heavy (non-hydrogen) atoms. The molecule has 0 aromatic heterocycles. The number of hydrogen-bond donors (Lipinski definition) is 3. The van der Waals surface area contributed by atoms with E-state index in [1.165, 1.54) is 0 Å². The predicted molar refractivity (Wildman–Crippen MR) is 115 cm³/mol. The van der Waals surface area contributed by atoms with E-state index in [2.05, 4.69) is 59.5 Å². The number of hydrazine groups is 1. The van der Waals surface area contributed by atoms with Crippen LogP contribution in [0.25, 0.3) is 0 Å². The van der Waals surface area contributed by atoms with Gasteiger partial charge in [-0.2, -0.15) is 0 Å². The maximum absolute atomic E-state index is 12.2. The van der Waals surface area contributed by atoms with E-state index in [1.807, 2.05) is 24.3 Å². The SMILES string of the molecule is CC(C)(C)c1ccc(C(=O)NC(=S)NNC(=O)c2ccccc2I)cc1. The highest BCUT2D eigenvalue weighted by Crippen LogP contribution is 2.22. The summed E-state index contributed by atoms with van der Waals surface area (Å²) >= 11 is 7.13. The summed E-state index contributed by atoms with van der Waals surface area (Å²) in [5.41, 5.74) is 7.19. The van der Waals surface area contributed by atoms with Gasteiger partial charge in [0.1, 0.15) is 0 Å². The van der Waals surface area contributed by atoms with Crippen LogP contribution in [0.3, 0.4) is 0 Å². The van der Waals surface area contributed by atoms with Crippen molar-refractivity contribution in [1.29, 1.82) is 0 Å². The van der Waals surface area contributed by atoms with E-state index in [1.54, 1.807) is 24.3 Å². The number of thiocarbonyl (C=S) groups is 1. The van der Waals surface area contributed by atoms with Crippen LogP contribution in [0.2, 0.25) is 0 Å². The quantitative estimate of drug-likeness (QED) is 0.349. The van der Waals surface area contributed by atoms with E-state index in [9.17, 15) is 9.59 Å². The Bertz CT molecular complexity index is 829. The molecule has 136 valence electrons. The van der Waals surface area contributed by atoms with Crippen LogP contribution < -0.4 is 16.2 Å². The molecule has 0 heterocycles. The second-order valence-corrected chi connectivity index (χ2v) is 8.24. The van der Waals surface area contributed by atoms with Gasteiger partial charge in [0.05, 0.1) is 5.56 Å². The second-order valence-electron chi connectivity index (χ2n) is 6.67. The van der Waals surface area contributed by atoms with Crippen molar-refractivity contribution in [2.45, 2.75) is 26.2 Å². The first-order valence-corrected chi connectivity index (χ1v) is 9.44. The molecule has 0 aliphatic carbocycles. The fraction of sp³-hybridized carbons (Fsp3) is 0.211. The summed E-state index contributed by atoms with van der Waals surface area (Å²) in [5, 5.41) is 2.56. The van der Waals surface area contributed by atoms with Gasteiger partial charge in [-0.1, -0.05) is 45.0 Å². The van der Waals surface area contributed by atoms with Crippen LogP contribution in [0.1, 0.15) is 47.1 Å². The number of nitrogens with one attached hydrogen (secondary N) is 3. The number of amides is 2. The smallest absolute Gasteiger partial charge is 0.270 e. The number of hydrogen-bond acceptors (Lipinski definition) is 3. The Balaban J connectivity index is 1.90. The fourth-order valence-electron chi connectivity index (χ4n) is 2.15. The van der Waals surface area contributed by atoms with Gasteiger partial charge >= 0.3 is 0 Å². The Morgan fingerprint density at radius 2 is 1.54 bits per heavy atom. The minimum Gasteiger partial charge on any atom is -0.298 e. The number of benzene rings is 2. The molecule has 0 radical (unpaired) electrons. The summed E-state index contributed by atoms with van der Waals surface area (Å²) in [6.45, 7) is 6.33. The summed E-state index contributed by atoms with van der Waals surface area (Å²) in [7, 11) is 0.